The van der Waals surface area contributed by atoms with Crippen molar-refractivity contribution in [1.29, 1.82) is 0 Å². The van der Waals surface area contributed by atoms with Crippen LogP contribution in [0.5, 0.6) is 0 Å². The molecule has 1 aromatic rings. The third kappa shape index (κ3) is 8.14. The molecule has 6 nitrogen and oxygen atoms in total. The number of hydrogen-bond acceptors (Lipinski definition) is 5. The van der Waals surface area contributed by atoms with Crippen LogP contribution in [-0.4, -0.2) is 53.1 Å². The molecule has 26 heavy (non-hydrogen) atoms. The minimum absolute atomic E-state index is 0. The highest BCUT2D eigenvalue weighted by Crippen LogP contribution is 2.27. The third-order valence-corrected chi connectivity index (χ3v) is 4.67. The molecule has 1 aromatic heterocycles. The van der Waals surface area contributed by atoms with Gasteiger partial charge in [-0.25, -0.2) is 9.97 Å². The average molecular weight is 504 g/mol. The first kappa shape index (κ1) is 23.1. The molecule has 1 aliphatic heterocycles. The maximum atomic E-state index is 12.6. The van der Waals surface area contributed by atoms with E-state index in [2.05, 4.69) is 30.9 Å². The highest BCUT2D eigenvalue weighted by Gasteiger charge is 2.32. The lowest BCUT2D eigenvalue weighted by molar-refractivity contribution is -0.141. The van der Waals surface area contributed by atoms with Crippen LogP contribution in [0.3, 0.4) is 0 Å². The van der Waals surface area contributed by atoms with E-state index >= 15 is 0 Å². The summed E-state index contributed by atoms with van der Waals surface area (Å²) in [4.78, 5) is 11.7. The van der Waals surface area contributed by atoms with E-state index in [1.165, 1.54) is 12.2 Å². The van der Waals surface area contributed by atoms with Gasteiger partial charge in [-0.05, 0) is 31.6 Å². The second-order valence-electron chi connectivity index (χ2n) is 5.51. The van der Waals surface area contributed by atoms with Crippen molar-refractivity contribution in [2.24, 2.45) is 4.99 Å². The molecular weight excluding hydrogens is 480 g/mol. The number of guanidine groups is 1. The molecule has 148 valence electrons. The van der Waals surface area contributed by atoms with Gasteiger partial charge >= 0.3 is 6.18 Å². The summed E-state index contributed by atoms with van der Waals surface area (Å²) in [6.45, 7) is 3.48. The zero-order valence-electron chi connectivity index (χ0n) is 14.5. The zero-order chi connectivity index (χ0) is 18.1. The number of anilines is 1. The Kier molecular flexibility index (Phi) is 10.4. The second-order valence-corrected chi connectivity index (χ2v) is 6.66. The summed E-state index contributed by atoms with van der Waals surface area (Å²) >= 11 is 1.93. The van der Waals surface area contributed by atoms with Crippen molar-refractivity contribution >= 4 is 47.6 Å². The first-order valence-corrected chi connectivity index (χ1v) is 9.41. The predicted octanol–water partition coefficient (Wildman–Crippen LogP) is 2.98. The molecule has 2 rings (SSSR count). The summed E-state index contributed by atoms with van der Waals surface area (Å²) < 4.78 is 37.8. The fraction of sp³-hybridized carbons (Fsp3) is 0.667. The van der Waals surface area contributed by atoms with Crippen LogP contribution in [0.2, 0.25) is 0 Å². The van der Waals surface area contributed by atoms with Gasteiger partial charge in [0, 0.05) is 31.1 Å². The van der Waals surface area contributed by atoms with E-state index in [9.17, 15) is 13.2 Å². The number of aromatic nitrogens is 2. The highest BCUT2D eigenvalue weighted by atomic mass is 127. The SMILES string of the molecule is CCNC(=NCCNc1nccc(C(F)(F)F)n1)NC1CCCSC1.I. The van der Waals surface area contributed by atoms with Crippen molar-refractivity contribution in [1.82, 2.24) is 20.6 Å². The predicted molar refractivity (Wildman–Crippen MR) is 110 cm³/mol. The molecule has 2 heterocycles. The van der Waals surface area contributed by atoms with Crippen LogP contribution in [0.15, 0.2) is 17.3 Å². The van der Waals surface area contributed by atoms with Crippen molar-refractivity contribution in [3.63, 3.8) is 0 Å². The lowest BCUT2D eigenvalue weighted by atomic mass is 10.2. The summed E-state index contributed by atoms with van der Waals surface area (Å²) in [5.74, 6) is 2.93. The Hall–Kier alpha value is -0.980. The van der Waals surface area contributed by atoms with Gasteiger partial charge in [-0.3, -0.25) is 4.99 Å². The molecule has 11 heteroatoms. The van der Waals surface area contributed by atoms with Crippen LogP contribution >= 0.6 is 35.7 Å². The van der Waals surface area contributed by atoms with E-state index in [1.54, 1.807) is 0 Å². The number of nitrogens with zero attached hydrogens (tertiary/aromatic N) is 3. The zero-order valence-corrected chi connectivity index (χ0v) is 17.6. The van der Waals surface area contributed by atoms with Crippen molar-refractivity contribution in [3.8, 4) is 0 Å². The quantitative estimate of drug-likeness (QED) is 0.240. The second kappa shape index (κ2) is 11.7. The van der Waals surface area contributed by atoms with E-state index in [4.69, 9.17) is 0 Å². The van der Waals surface area contributed by atoms with Gasteiger partial charge < -0.3 is 16.0 Å². The van der Waals surface area contributed by atoms with Crippen molar-refractivity contribution in [3.05, 3.63) is 18.0 Å². The first-order valence-electron chi connectivity index (χ1n) is 8.25. The van der Waals surface area contributed by atoms with E-state index in [-0.39, 0.29) is 29.9 Å². The molecule has 0 saturated carbocycles. The molecule has 1 aliphatic rings. The number of alkyl halides is 3. The van der Waals surface area contributed by atoms with Crippen LogP contribution < -0.4 is 16.0 Å². The maximum Gasteiger partial charge on any atom is 0.433 e. The smallest absolute Gasteiger partial charge is 0.357 e. The Balaban J connectivity index is 0.00000338. The Morgan fingerprint density at radius 3 is 2.88 bits per heavy atom. The van der Waals surface area contributed by atoms with Crippen LogP contribution in [-0.2, 0) is 6.18 Å². The Bertz CT molecular complexity index is 567. The molecular formula is C15H24F3IN6S. The molecule has 0 radical (unpaired) electrons. The summed E-state index contributed by atoms with van der Waals surface area (Å²) in [6.07, 6.45) is -1.07. The standard InChI is InChI=1S/C15H23F3N6S.HI/c1-2-19-13(23-11-4-3-9-25-10-11)21-7-8-22-14-20-6-5-12(24-14)15(16,17)18;/h5-6,11H,2-4,7-10H2,1H3,(H2,19,21,23)(H,20,22,24);1H. The fourth-order valence-electron chi connectivity index (χ4n) is 2.31. The van der Waals surface area contributed by atoms with Gasteiger partial charge in [0.2, 0.25) is 5.95 Å². The molecule has 3 N–H and O–H groups in total. The Morgan fingerprint density at radius 1 is 1.42 bits per heavy atom. The Morgan fingerprint density at radius 2 is 2.23 bits per heavy atom. The number of hydrogen-bond donors (Lipinski definition) is 3. The van der Waals surface area contributed by atoms with Crippen molar-refractivity contribution in [2.75, 3.05) is 36.5 Å². The van der Waals surface area contributed by atoms with Crippen LogP contribution in [0.4, 0.5) is 19.1 Å². The van der Waals surface area contributed by atoms with Gasteiger partial charge in [-0.2, -0.15) is 24.9 Å². The number of aliphatic imine (C=N–C) groups is 1. The van der Waals surface area contributed by atoms with E-state index < -0.39 is 11.9 Å². The molecule has 0 amide bonds. The summed E-state index contributed by atoms with van der Waals surface area (Å²) in [5, 5.41) is 9.34. The van der Waals surface area contributed by atoms with E-state index in [1.807, 2.05) is 18.7 Å². The molecule has 0 aliphatic carbocycles. The molecule has 1 atom stereocenters. The van der Waals surface area contributed by atoms with Crippen LogP contribution in [0, 0.1) is 0 Å². The normalized spacial score (nSPS) is 18.0. The Labute approximate surface area is 172 Å². The van der Waals surface area contributed by atoms with E-state index in [0.717, 1.165) is 36.9 Å². The van der Waals surface area contributed by atoms with Crippen molar-refractivity contribution in [2.45, 2.75) is 32.0 Å². The lowest BCUT2D eigenvalue weighted by Gasteiger charge is -2.24. The summed E-state index contributed by atoms with van der Waals surface area (Å²) in [5.41, 5.74) is -0.960. The monoisotopic (exact) mass is 504 g/mol. The average Bonchev–Trinajstić information content (AvgIpc) is 2.59. The van der Waals surface area contributed by atoms with E-state index in [0.29, 0.717) is 19.1 Å². The minimum atomic E-state index is -4.47. The van der Waals surface area contributed by atoms with Crippen LogP contribution in [0.1, 0.15) is 25.5 Å². The molecule has 0 bridgehead atoms. The third-order valence-electron chi connectivity index (χ3n) is 3.46. The molecule has 0 aromatic carbocycles. The number of halogens is 4. The van der Waals surface area contributed by atoms with Gasteiger partial charge in [-0.15, -0.1) is 24.0 Å². The lowest BCUT2D eigenvalue weighted by Crippen LogP contribution is -2.45. The molecule has 0 spiro atoms. The van der Waals surface area contributed by atoms with Crippen molar-refractivity contribution < 1.29 is 13.2 Å². The number of nitrogens with one attached hydrogen (secondary N) is 3. The molecule has 1 saturated heterocycles. The molecule has 1 fully saturated rings. The maximum absolute atomic E-state index is 12.6. The van der Waals surface area contributed by atoms with Gasteiger partial charge in [0.1, 0.15) is 5.69 Å². The highest BCUT2D eigenvalue weighted by molar-refractivity contribution is 14.0. The van der Waals surface area contributed by atoms with Gasteiger partial charge in [0.25, 0.3) is 0 Å². The molecule has 1 unspecified atom stereocenters. The fourth-order valence-corrected chi connectivity index (χ4v) is 3.38. The summed E-state index contributed by atoms with van der Waals surface area (Å²) in [6, 6.07) is 1.25. The first-order chi connectivity index (χ1) is 12.0. The summed E-state index contributed by atoms with van der Waals surface area (Å²) in [7, 11) is 0. The van der Waals surface area contributed by atoms with Crippen LogP contribution in [0.25, 0.3) is 0 Å². The topological polar surface area (TPSA) is 74.2 Å². The largest absolute Gasteiger partial charge is 0.433 e. The number of thioether (sulfide) groups is 1. The van der Waals surface area contributed by atoms with Gasteiger partial charge in [-0.1, -0.05) is 0 Å². The number of rotatable bonds is 6. The van der Waals surface area contributed by atoms with Gasteiger partial charge in [0.05, 0.1) is 6.54 Å². The minimum Gasteiger partial charge on any atom is -0.357 e. The van der Waals surface area contributed by atoms with Gasteiger partial charge in [0.15, 0.2) is 5.96 Å².